The molecule has 2 N–H and O–H groups in total. The Morgan fingerprint density at radius 1 is 0.933 bits per heavy atom. The van der Waals surface area contributed by atoms with Gasteiger partial charge in [-0.2, -0.15) is 0 Å². The molecule has 9 nitrogen and oxygen atoms in total. The number of aromatic nitrogens is 1. The number of aliphatic hydroxyl groups is 1. The molecule has 1 aromatic heterocycles. The maximum Gasteiger partial charge on any atom is 0.339 e. The Hall–Kier alpha value is -1.87. The largest absolute Gasteiger partial charge is 0.808 e. The summed E-state index contributed by atoms with van der Waals surface area (Å²) in [6.07, 6.45) is -1.10. The van der Waals surface area contributed by atoms with Crippen LogP contribution in [0.4, 0.5) is 10.8 Å². The van der Waals surface area contributed by atoms with Gasteiger partial charge >= 0.3 is 5.13 Å². The summed E-state index contributed by atoms with van der Waals surface area (Å²) in [5, 5.41) is 11.5. The molecule has 1 heterocycles. The van der Waals surface area contributed by atoms with Crippen LogP contribution >= 0.6 is 26.5 Å². The molecular weight excluding hydrogens is 450 g/mol. The van der Waals surface area contributed by atoms with Crippen LogP contribution in [0.15, 0.2) is 66.0 Å². The van der Waals surface area contributed by atoms with Crippen LogP contribution < -0.4 is 29.5 Å². The molecule has 3 rings (SSSR count). The zero-order chi connectivity index (χ0) is 22.0. The number of benzene rings is 2. The summed E-state index contributed by atoms with van der Waals surface area (Å²) in [6, 6.07) is 17.9. The van der Waals surface area contributed by atoms with Crippen LogP contribution in [-0.2, 0) is 15.7 Å². The number of rotatable bonds is 8. The predicted molar refractivity (Wildman–Crippen MR) is 104 cm³/mol. The van der Waals surface area contributed by atoms with Crippen LogP contribution in [0.1, 0.15) is 6.42 Å². The van der Waals surface area contributed by atoms with Crippen LogP contribution in [0.25, 0.3) is 11.3 Å². The van der Waals surface area contributed by atoms with Crippen molar-refractivity contribution in [3.8, 4) is 11.3 Å². The second-order valence-corrected chi connectivity index (χ2v) is 11.1. The van der Waals surface area contributed by atoms with Gasteiger partial charge in [-0.15, -0.1) is 0 Å². The molecule has 30 heavy (non-hydrogen) atoms. The zero-order valence-electron chi connectivity index (χ0n) is 15.4. The molecule has 0 bridgehead atoms. The van der Waals surface area contributed by atoms with Crippen LogP contribution in [0.5, 0.6) is 0 Å². The molecule has 0 unspecified atom stereocenters. The third-order valence-corrected chi connectivity index (χ3v) is 9.02. The summed E-state index contributed by atoms with van der Waals surface area (Å²) in [6.45, 7) is -0.414. The van der Waals surface area contributed by atoms with Gasteiger partial charge in [0.1, 0.15) is 16.5 Å². The lowest BCUT2D eigenvalue weighted by molar-refractivity contribution is -0.669. The van der Waals surface area contributed by atoms with Crippen molar-refractivity contribution >= 4 is 37.3 Å². The maximum absolute atomic E-state index is 11.4. The summed E-state index contributed by atoms with van der Waals surface area (Å²) in [5.74, 6) is 0. The Bertz CT molecular complexity index is 1070. The highest BCUT2D eigenvalue weighted by Gasteiger charge is 2.37. The van der Waals surface area contributed by atoms with E-state index in [1.165, 1.54) is 15.9 Å². The fourth-order valence-corrected chi connectivity index (χ4v) is 5.76. The van der Waals surface area contributed by atoms with E-state index in [9.17, 15) is 33.8 Å². The molecule has 0 aliphatic carbocycles. The van der Waals surface area contributed by atoms with Crippen molar-refractivity contribution in [3.05, 3.63) is 66.0 Å². The van der Waals surface area contributed by atoms with Crippen molar-refractivity contribution in [3.63, 3.8) is 0 Å². The number of hydrogen-bond donors (Lipinski definition) is 2. The first-order chi connectivity index (χ1) is 14.0. The highest BCUT2D eigenvalue weighted by molar-refractivity contribution is 7.69. The lowest BCUT2D eigenvalue weighted by Gasteiger charge is -2.55. The van der Waals surface area contributed by atoms with Crippen molar-refractivity contribution in [2.24, 2.45) is 0 Å². The summed E-state index contributed by atoms with van der Waals surface area (Å²) in [7, 11) is -12.3. The zero-order valence-corrected chi connectivity index (χ0v) is 18.0. The minimum atomic E-state index is -6.16. The standard InChI is InChI=1S/C18H20N2O7P2S/c21-18(28(22,23)24,29(25,26)27)11-12-20-16(14-7-3-1-4-8-14)13-30-17(20)19-15-9-5-2-6-10-15/h1-10,13,21H,11-12H2,(H4,22,23,24,25,26,27)/p-3. The van der Waals surface area contributed by atoms with Crippen molar-refractivity contribution in [1.29, 1.82) is 0 Å². The van der Waals surface area contributed by atoms with Gasteiger partial charge in [0.25, 0.3) is 0 Å². The topological polar surface area (TPSA) is 163 Å². The van der Waals surface area contributed by atoms with Crippen molar-refractivity contribution in [2.75, 3.05) is 5.32 Å². The second-order valence-electron chi connectivity index (χ2n) is 6.45. The SMILES string of the molecule is O=P([O-])([O-])C(O)(CC[n+]1c(-c2ccccc2)csc1Nc1ccccc1)P(=O)([O-])[O-]. The highest BCUT2D eigenvalue weighted by atomic mass is 32.1. The van der Waals surface area contributed by atoms with Gasteiger partial charge in [0.05, 0.1) is 6.54 Å². The fourth-order valence-electron chi connectivity index (χ4n) is 2.83. The summed E-state index contributed by atoms with van der Waals surface area (Å²) < 4.78 is 24.4. The first kappa shape index (κ1) is 22.8. The molecular formula is C18H17N2O7P2S-3. The quantitative estimate of drug-likeness (QED) is 0.353. The number of anilines is 2. The van der Waals surface area contributed by atoms with E-state index >= 15 is 0 Å². The van der Waals surface area contributed by atoms with Gasteiger partial charge in [-0.25, -0.2) is 9.88 Å². The minimum Gasteiger partial charge on any atom is -0.808 e. The Morgan fingerprint density at radius 3 is 2.00 bits per heavy atom. The van der Waals surface area contributed by atoms with Crippen molar-refractivity contribution in [2.45, 2.75) is 18.0 Å². The molecule has 0 radical (unpaired) electrons. The second kappa shape index (κ2) is 8.70. The van der Waals surface area contributed by atoms with Crippen LogP contribution in [0.2, 0.25) is 0 Å². The van der Waals surface area contributed by atoms with Crippen LogP contribution in [-0.4, -0.2) is 10.2 Å². The van der Waals surface area contributed by atoms with Crippen molar-refractivity contribution < 1.29 is 38.4 Å². The average molecular weight is 467 g/mol. The summed E-state index contributed by atoms with van der Waals surface area (Å²) in [4.78, 5) is 45.7. The molecule has 0 atom stereocenters. The van der Waals surface area contributed by atoms with Gasteiger partial charge in [0, 0.05) is 17.4 Å². The summed E-state index contributed by atoms with van der Waals surface area (Å²) in [5.41, 5.74) is 2.03. The van der Waals surface area contributed by atoms with Crippen LogP contribution in [0.3, 0.4) is 0 Å². The Morgan fingerprint density at radius 2 is 1.47 bits per heavy atom. The number of thiazole rings is 1. The van der Waals surface area contributed by atoms with Gasteiger partial charge in [-0.3, -0.25) is 0 Å². The monoisotopic (exact) mass is 467 g/mol. The van der Waals surface area contributed by atoms with E-state index in [1.807, 2.05) is 6.07 Å². The third kappa shape index (κ3) is 4.72. The first-order valence-electron chi connectivity index (χ1n) is 8.68. The average Bonchev–Trinajstić information content (AvgIpc) is 3.08. The Balaban J connectivity index is 2.02. The minimum absolute atomic E-state index is 0.414. The van der Waals surface area contributed by atoms with E-state index in [0.29, 0.717) is 16.5 Å². The molecule has 0 spiro atoms. The number of hydrogen-bond acceptors (Lipinski definition) is 9. The molecule has 12 heteroatoms. The lowest BCUT2D eigenvalue weighted by Crippen LogP contribution is -2.49. The number of nitrogens with one attached hydrogen (secondary N) is 1. The molecule has 0 aliphatic heterocycles. The molecule has 0 aliphatic rings. The van der Waals surface area contributed by atoms with E-state index in [0.717, 1.165) is 5.56 Å². The Labute approximate surface area is 176 Å². The molecule has 0 saturated heterocycles. The normalized spacial score (nSPS) is 12.7. The van der Waals surface area contributed by atoms with E-state index in [2.05, 4.69) is 5.32 Å². The van der Waals surface area contributed by atoms with Gasteiger partial charge in [-0.05, 0) is 27.3 Å². The van der Waals surface area contributed by atoms with E-state index < -0.39 is 33.2 Å². The third-order valence-electron chi connectivity index (χ3n) is 4.46. The van der Waals surface area contributed by atoms with E-state index in [4.69, 9.17) is 0 Å². The molecule has 0 saturated carbocycles. The molecule has 3 aromatic rings. The first-order valence-corrected chi connectivity index (χ1v) is 12.6. The maximum atomic E-state index is 11.4. The highest BCUT2D eigenvalue weighted by Crippen LogP contribution is 2.60. The van der Waals surface area contributed by atoms with Gasteiger partial charge in [0.2, 0.25) is 0 Å². The predicted octanol–water partition coefficient (Wildman–Crippen LogP) is 0.310. The number of para-hydroxylation sites is 1. The lowest BCUT2D eigenvalue weighted by atomic mass is 10.2. The van der Waals surface area contributed by atoms with Crippen molar-refractivity contribution in [1.82, 2.24) is 0 Å². The van der Waals surface area contributed by atoms with Gasteiger partial charge in [0.15, 0.2) is 0 Å². The Kier molecular flexibility index (Phi) is 6.62. The fraction of sp³-hybridized carbons (Fsp3) is 0.167. The summed E-state index contributed by atoms with van der Waals surface area (Å²) >= 11 is 1.25. The molecule has 2 aromatic carbocycles. The molecule has 0 amide bonds. The van der Waals surface area contributed by atoms with Crippen LogP contribution in [0, 0.1) is 0 Å². The van der Waals surface area contributed by atoms with E-state index in [1.54, 1.807) is 60.0 Å². The van der Waals surface area contributed by atoms with Gasteiger partial charge in [-0.1, -0.05) is 59.9 Å². The van der Waals surface area contributed by atoms with Gasteiger partial charge < -0.3 is 33.8 Å². The number of nitrogens with zero attached hydrogens (tertiary/aromatic N) is 1. The molecule has 160 valence electrons. The van der Waals surface area contributed by atoms with E-state index in [-0.39, 0.29) is 0 Å². The smallest absolute Gasteiger partial charge is 0.339 e. The molecule has 0 fully saturated rings.